The highest BCUT2D eigenvalue weighted by Gasteiger charge is 2.26. The number of aliphatic carboxylic acids is 1. The van der Waals surface area contributed by atoms with E-state index in [9.17, 15) is 9.59 Å². The quantitative estimate of drug-likeness (QED) is 0.555. The smallest absolute Gasteiger partial charge is 0.323 e. The lowest BCUT2D eigenvalue weighted by molar-refractivity contribution is -0.143. The van der Waals surface area contributed by atoms with E-state index in [-0.39, 0.29) is 18.5 Å². The minimum atomic E-state index is -1.11. The zero-order chi connectivity index (χ0) is 12.8. The SMILES string of the molecule is COCC(C)NC(=O)CNC(C)(C)C(=O)O. The van der Waals surface area contributed by atoms with Crippen LogP contribution >= 0.6 is 0 Å². The summed E-state index contributed by atoms with van der Waals surface area (Å²) >= 11 is 0. The van der Waals surface area contributed by atoms with Crippen LogP contribution in [-0.4, -0.2) is 48.8 Å². The molecule has 6 heteroatoms. The third-order valence-corrected chi connectivity index (χ3v) is 2.05. The van der Waals surface area contributed by atoms with Crippen molar-refractivity contribution in [3.8, 4) is 0 Å². The molecule has 0 aromatic rings. The Morgan fingerprint density at radius 1 is 1.44 bits per heavy atom. The summed E-state index contributed by atoms with van der Waals surface area (Å²) in [4.78, 5) is 22.1. The van der Waals surface area contributed by atoms with E-state index in [4.69, 9.17) is 9.84 Å². The van der Waals surface area contributed by atoms with Crippen LogP contribution in [0, 0.1) is 0 Å². The predicted molar refractivity (Wildman–Crippen MR) is 59.2 cm³/mol. The highest BCUT2D eigenvalue weighted by molar-refractivity contribution is 5.81. The largest absolute Gasteiger partial charge is 0.480 e. The van der Waals surface area contributed by atoms with Crippen LogP contribution in [0.1, 0.15) is 20.8 Å². The summed E-state index contributed by atoms with van der Waals surface area (Å²) in [5.41, 5.74) is -1.11. The summed E-state index contributed by atoms with van der Waals surface area (Å²) in [6, 6.07) is -0.0905. The fourth-order valence-corrected chi connectivity index (χ4v) is 0.994. The van der Waals surface area contributed by atoms with Crippen LogP contribution in [0.3, 0.4) is 0 Å². The first-order valence-corrected chi connectivity index (χ1v) is 5.06. The van der Waals surface area contributed by atoms with Crippen LogP contribution in [-0.2, 0) is 14.3 Å². The molecule has 0 heterocycles. The van der Waals surface area contributed by atoms with E-state index in [1.165, 1.54) is 13.8 Å². The number of nitrogens with one attached hydrogen (secondary N) is 2. The zero-order valence-electron chi connectivity index (χ0n) is 10.2. The number of carboxylic acid groups (broad SMARTS) is 1. The number of methoxy groups -OCH3 is 1. The molecule has 0 rings (SSSR count). The normalized spacial score (nSPS) is 13.2. The summed E-state index contributed by atoms with van der Waals surface area (Å²) in [5, 5.41) is 14.1. The molecule has 1 atom stereocenters. The van der Waals surface area contributed by atoms with Gasteiger partial charge in [0, 0.05) is 13.2 Å². The molecule has 0 saturated heterocycles. The predicted octanol–water partition coefficient (Wildman–Crippen LogP) is -0.410. The maximum Gasteiger partial charge on any atom is 0.323 e. The Hall–Kier alpha value is -1.14. The average molecular weight is 232 g/mol. The van der Waals surface area contributed by atoms with Crippen molar-refractivity contribution < 1.29 is 19.4 Å². The lowest BCUT2D eigenvalue weighted by atomic mass is 10.1. The van der Waals surface area contributed by atoms with Gasteiger partial charge in [0.05, 0.1) is 13.2 Å². The van der Waals surface area contributed by atoms with Gasteiger partial charge in [0.1, 0.15) is 5.54 Å². The number of rotatable bonds is 7. The number of amides is 1. The third-order valence-electron chi connectivity index (χ3n) is 2.05. The van der Waals surface area contributed by atoms with E-state index in [1.54, 1.807) is 7.11 Å². The Balaban J connectivity index is 3.94. The minimum Gasteiger partial charge on any atom is -0.480 e. The van der Waals surface area contributed by atoms with Crippen LogP contribution < -0.4 is 10.6 Å². The molecule has 0 aliphatic carbocycles. The first-order chi connectivity index (χ1) is 7.29. The lowest BCUT2D eigenvalue weighted by Gasteiger charge is -2.21. The van der Waals surface area contributed by atoms with Gasteiger partial charge in [-0.1, -0.05) is 0 Å². The minimum absolute atomic E-state index is 0.0344. The fourth-order valence-electron chi connectivity index (χ4n) is 0.994. The number of carboxylic acids is 1. The molecule has 0 radical (unpaired) electrons. The standard InChI is InChI=1S/C10H20N2O4/c1-7(6-16-4)12-8(13)5-11-10(2,3)9(14)15/h7,11H,5-6H2,1-4H3,(H,12,13)(H,14,15). The third kappa shape index (κ3) is 5.67. The molecule has 0 aromatic heterocycles. The van der Waals surface area contributed by atoms with E-state index < -0.39 is 11.5 Å². The van der Waals surface area contributed by atoms with Gasteiger partial charge in [-0.15, -0.1) is 0 Å². The molecular formula is C10H20N2O4. The van der Waals surface area contributed by atoms with Gasteiger partial charge in [-0.2, -0.15) is 0 Å². The van der Waals surface area contributed by atoms with Crippen molar-refractivity contribution in [2.45, 2.75) is 32.4 Å². The van der Waals surface area contributed by atoms with Crippen molar-refractivity contribution in [1.82, 2.24) is 10.6 Å². The molecule has 6 nitrogen and oxygen atoms in total. The first-order valence-electron chi connectivity index (χ1n) is 5.06. The molecule has 0 saturated carbocycles. The van der Waals surface area contributed by atoms with Crippen LogP contribution in [0.2, 0.25) is 0 Å². The molecule has 1 amide bonds. The van der Waals surface area contributed by atoms with Crippen molar-refractivity contribution in [3.05, 3.63) is 0 Å². The highest BCUT2D eigenvalue weighted by atomic mass is 16.5. The van der Waals surface area contributed by atoms with Crippen LogP contribution in [0.4, 0.5) is 0 Å². The van der Waals surface area contributed by atoms with Gasteiger partial charge in [0.15, 0.2) is 0 Å². The first kappa shape index (κ1) is 14.9. The molecule has 0 aliphatic heterocycles. The van der Waals surface area contributed by atoms with Gasteiger partial charge < -0.3 is 15.2 Å². The van der Waals surface area contributed by atoms with E-state index in [1.807, 2.05) is 6.92 Å². The molecule has 1 unspecified atom stereocenters. The van der Waals surface area contributed by atoms with Crippen LogP contribution in [0.15, 0.2) is 0 Å². The molecule has 0 bridgehead atoms. The summed E-state index contributed by atoms with van der Waals surface area (Å²) in [7, 11) is 1.55. The molecule has 0 fully saturated rings. The number of hydrogen-bond donors (Lipinski definition) is 3. The number of carbonyl (C=O) groups is 2. The fraction of sp³-hybridized carbons (Fsp3) is 0.800. The second-order valence-corrected chi connectivity index (χ2v) is 4.21. The number of hydrogen-bond acceptors (Lipinski definition) is 4. The number of carbonyl (C=O) groups excluding carboxylic acids is 1. The molecule has 94 valence electrons. The maximum absolute atomic E-state index is 11.4. The Morgan fingerprint density at radius 2 is 2.00 bits per heavy atom. The Morgan fingerprint density at radius 3 is 2.44 bits per heavy atom. The van der Waals surface area contributed by atoms with Gasteiger partial charge in [-0.05, 0) is 20.8 Å². The molecule has 0 aliphatic rings. The molecule has 16 heavy (non-hydrogen) atoms. The van der Waals surface area contributed by atoms with Crippen molar-refractivity contribution >= 4 is 11.9 Å². The van der Waals surface area contributed by atoms with Gasteiger partial charge in [-0.25, -0.2) is 0 Å². The lowest BCUT2D eigenvalue weighted by Crippen LogP contribution is -2.51. The average Bonchev–Trinajstić information content (AvgIpc) is 2.15. The van der Waals surface area contributed by atoms with Crippen molar-refractivity contribution in [2.24, 2.45) is 0 Å². The monoisotopic (exact) mass is 232 g/mol. The summed E-state index contributed by atoms with van der Waals surface area (Å²) in [6.45, 7) is 5.20. The van der Waals surface area contributed by atoms with Crippen molar-refractivity contribution in [1.29, 1.82) is 0 Å². The molecular weight excluding hydrogens is 212 g/mol. The highest BCUT2D eigenvalue weighted by Crippen LogP contribution is 2.00. The second-order valence-electron chi connectivity index (χ2n) is 4.21. The topological polar surface area (TPSA) is 87.7 Å². The molecule has 0 spiro atoms. The summed E-state index contributed by atoms with van der Waals surface area (Å²) in [6.07, 6.45) is 0. The zero-order valence-corrected chi connectivity index (χ0v) is 10.2. The Bertz CT molecular complexity index is 253. The van der Waals surface area contributed by atoms with Crippen molar-refractivity contribution in [3.63, 3.8) is 0 Å². The van der Waals surface area contributed by atoms with E-state index in [2.05, 4.69) is 10.6 Å². The van der Waals surface area contributed by atoms with Gasteiger partial charge in [-0.3, -0.25) is 14.9 Å². The van der Waals surface area contributed by atoms with Gasteiger partial charge >= 0.3 is 5.97 Å². The van der Waals surface area contributed by atoms with E-state index in [0.29, 0.717) is 6.61 Å². The molecule has 0 aromatic carbocycles. The Kier molecular flexibility index (Phi) is 5.98. The van der Waals surface area contributed by atoms with Gasteiger partial charge in [0.25, 0.3) is 0 Å². The van der Waals surface area contributed by atoms with Crippen LogP contribution in [0.25, 0.3) is 0 Å². The van der Waals surface area contributed by atoms with Crippen molar-refractivity contribution in [2.75, 3.05) is 20.3 Å². The van der Waals surface area contributed by atoms with E-state index in [0.717, 1.165) is 0 Å². The number of ether oxygens (including phenoxy) is 1. The second kappa shape index (κ2) is 6.44. The van der Waals surface area contributed by atoms with Gasteiger partial charge in [0.2, 0.25) is 5.91 Å². The summed E-state index contributed by atoms with van der Waals surface area (Å²) < 4.78 is 4.86. The maximum atomic E-state index is 11.4. The molecule has 3 N–H and O–H groups in total. The Labute approximate surface area is 95.4 Å². The van der Waals surface area contributed by atoms with Crippen LogP contribution in [0.5, 0.6) is 0 Å². The summed E-state index contributed by atoms with van der Waals surface area (Å²) in [5.74, 6) is -1.25. The van der Waals surface area contributed by atoms with E-state index >= 15 is 0 Å².